The minimum absolute atomic E-state index is 0.333. The molecule has 0 aliphatic heterocycles. The van der Waals surface area contributed by atoms with Crippen molar-refractivity contribution in [1.82, 2.24) is 4.98 Å². The quantitative estimate of drug-likeness (QED) is 0.830. The van der Waals surface area contributed by atoms with Crippen LogP contribution in [0.3, 0.4) is 0 Å². The summed E-state index contributed by atoms with van der Waals surface area (Å²) in [7, 11) is 0. The molecule has 0 aromatic carbocycles. The average Bonchev–Trinajstić information content (AvgIpc) is 2.92. The van der Waals surface area contributed by atoms with E-state index in [1.165, 1.54) is 0 Å². The molecule has 0 saturated heterocycles. The predicted octanol–water partition coefficient (Wildman–Crippen LogP) is 2.67. The number of hydrogen-bond donors (Lipinski definition) is 0. The summed E-state index contributed by atoms with van der Waals surface area (Å²) in [5, 5.41) is 0. The van der Waals surface area contributed by atoms with Crippen molar-refractivity contribution in [2.24, 2.45) is 5.92 Å². The first-order valence-corrected chi connectivity index (χ1v) is 5.60. The van der Waals surface area contributed by atoms with Crippen molar-refractivity contribution < 1.29 is 4.79 Å². The summed E-state index contributed by atoms with van der Waals surface area (Å²) >= 11 is 3.36. The summed E-state index contributed by atoms with van der Waals surface area (Å²) in [4.78, 5) is 15.8. The second-order valence-electron chi connectivity index (χ2n) is 3.83. The lowest BCUT2D eigenvalue weighted by atomic mass is 10.1. The van der Waals surface area contributed by atoms with E-state index in [1.54, 1.807) is 6.20 Å². The molecular weight excluding hydrogens is 242 g/mol. The molecular formula is C11H12BrNO. The van der Waals surface area contributed by atoms with E-state index >= 15 is 0 Å². The first-order valence-electron chi connectivity index (χ1n) is 4.80. The fraction of sp³-hybridized carbons (Fsp3) is 0.455. The molecule has 74 valence electrons. The number of carbonyl (C=O) groups excluding carboxylic acids is 1. The maximum atomic E-state index is 11.6. The van der Waals surface area contributed by atoms with Crippen LogP contribution in [0.15, 0.2) is 16.7 Å². The van der Waals surface area contributed by atoms with Gasteiger partial charge in [-0.15, -0.1) is 0 Å². The second-order valence-corrected chi connectivity index (χ2v) is 4.75. The number of Topliss-reactive ketones (excluding diaryl/α,β-unsaturated/α-hetero) is 1. The maximum Gasteiger partial charge on any atom is 0.141 e. The Morgan fingerprint density at radius 1 is 1.64 bits per heavy atom. The zero-order valence-corrected chi connectivity index (χ0v) is 9.67. The minimum Gasteiger partial charge on any atom is -0.299 e. The number of pyridine rings is 1. The Bertz CT molecular complexity index is 372. The van der Waals surface area contributed by atoms with Gasteiger partial charge in [-0.05, 0) is 47.3 Å². The van der Waals surface area contributed by atoms with E-state index in [-0.39, 0.29) is 0 Å². The number of aryl methyl sites for hydroxylation is 1. The summed E-state index contributed by atoms with van der Waals surface area (Å²) < 4.78 is 0.970. The van der Waals surface area contributed by atoms with Crippen LogP contribution in [0.4, 0.5) is 0 Å². The molecule has 1 aliphatic carbocycles. The zero-order valence-electron chi connectivity index (χ0n) is 8.09. The molecule has 1 fully saturated rings. The first kappa shape index (κ1) is 9.84. The topological polar surface area (TPSA) is 30.0 Å². The third-order valence-corrected chi connectivity index (χ3v) is 2.96. The molecule has 0 unspecified atom stereocenters. The molecule has 1 heterocycles. The van der Waals surface area contributed by atoms with Crippen LogP contribution in [-0.4, -0.2) is 10.8 Å². The van der Waals surface area contributed by atoms with Gasteiger partial charge in [0.05, 0.1) is 5.69 Å². The van der Waals surface area contributed by atoms with Gasteiger partial charge in [-0.3, -0.25) is 9.78 Å². The molecule has 0 atom stereocenters. The highest BCUT2D eigenvalue weighted by molar-refractivity contribution is 9.10. The number of hydrogen-bond acceptors (Lipinski definition) is 2. The zero-order chi connectivity index (χ0) is 10.1. The molecule has 2 rings (SSSR count). The third-order valence-electron chi connectivity index (χ3n) is 2.53. The lowest BCUT2D eigenvalue weighted by molar-refractivity contribution is -0.119. The Labute approximate surface area is 91.9 Å². The Morgan fingerprint density at radius 2 is 2.36 bits per heavy atom. The average molecular weight is 254 g/mol. The number of carbonyl (C=O) groups is 1. The predicted molar refractivity (Wildman–Crippen MR) is 58.1 cm³/mol. The molecule has 1 aliphatic rings. The summed E-state index contributed by atoms with van der Waals surface area (Å²) in [6.45, 7) is 1.99. The van der Waals surface area contributed by atoms with Crippen LogP contribution in [0.5, 0.6) is 0 Å². The Hall–Kier alpha value is -0.700. The minimum atomic E-state index is 0.333. The van der Waals surface area contributed by atoms with Gasteiger partial charge in [0.1, 0.15) is 5.78 Å². The molecule has 0 N–H and O–H groups in total. The summed E-state index contributed by atoms with van der Waals surface area (Å²) in [5.41, 5.74) is 2.01. The molecule has 0 radical (unpaired) electrons. The first-order chi connectivity index (χ1) is 6.66. The van der Waals surface area contributed by atoms with Crippen LogP contribution >= 0.6 is 15.9 Å². The highest BCUT2D eigenvalue weighted by Crippen LogP contribution is 2.31. The number of halogens is 1. The smallest absolute Gasteiger partial charge is 0.141 e. The molecule has 1 aromatic rings. The van der Waals surface area contributed by atoms with Crippen LogP contribution in [0.25, 0.3) is 0 Å². The molecule has 2 nitrogen and oxygen atoms in total. The summed E-state index contributed by atoms with van der Waals surface area (Å²) in [6.07, 6.45) is 4.41. The lowest BCUT2D eigenvalue weighted by Gasteiger charge is -2.03. The van der Waals surface area contributed by atoms with E-state index in [0.717, 1.165) is 28.6 Å². The maximum absolute atomic E-state index is 11.6. The highest BCUT2D eigenvalue weighted by Gasteiger charge is 2.29. The molecule has 1 saturated carbocycles. The van der Waals surface area contributed by atoms with Crippen LogP contribution < -0.4 is 0 Å². The van der Waals surface area contributed by atoms with Gasteiger partial charge in [-0.1, -0.05) is 0 Å². The molecule has 14 heavy (non-hydrogen) atoms. The summed E-state index contributed by atoms with van der Waals surface area (Å²) in [5.74, 6) is 0.683. The van der Waals surface area contributed by atoms with E-state index < -0.39 is 0 Å². The van der Waals surface area contributed by atoms with Gasteiger partial charge >= 0.3 is 0 Å². The molecule has 1 aromatic heterocycles. The molecule has 3 heteroatoms. The number of aromatic nitrogens is 1. The Morgan fingerprint density at radius 3 is 2.93 bits per heavy atom. The highest BCUT2D eigenvalue weighted by atomic mass is 79.9. The number of rotatable bonds is 3. The Balaban J connectivity index is 2.11. The van der Waals surface area contributed by atoms with Gasteiger partial charge < -0.3 is 0 Å². The van der Waals surface area contributed by atoms with Crippen molar-refractivity contribution in [1.29, 1.82) is 0 Å². The SMILES string of the molecule is Cc1cc(Br)cnc1CC(=O)C1CC1. The fourth-order valence-corrected chi connectivity index (χ4v) is 1.91. The van der Waals surface area contributed by atoms with E-state index in [1.807, 2.05) is 13.0 Å². The number of ketones is 1. The third kappa shape index (κ3) is 2.21. The standard InChI is InChI=1S/C11H12BrNO/c1-7-4-9(12)6-13-10(7)5-11(14)8-2-3-8/h4,6,8H,2-3,5H2,1H3. The molecule has 0 amide bonds. The lowest BCUT2D eigenvalue weighted by Crippen LogP contribution is -2.07. The largest absolute Gasteiger partial charge is 0.299 e. The van der Waals surface area contributed by atoms with E-state index in [0.29, 0.717) is 18.1 Å². The van der Waals surface area contributed by atoms with Crippen LogP contribution in [0.2, 0.25) is 0 Å². The van der Waals surface area contributed by atoms with E-state index in [9.17, 15) is 4.79 Å². The van der Waals surface area contributed by atoms with E-state index in [4.69, 9.17) is 0 Å². The van der Waals surface area contributed by atoms with Gasteiger partial charge in [0.25, 0.3) is 0 Å². The van der Waals surface area contributed by atoms with Crippen molar-refractivity contribution in [3.8, 4) is 0 Å². The Kier molecular flexibility index (Phi) is 2.68. The van der Waals surface area contributed by atoms with Crippen molar-refractivity contribution in [2.45, 2.75) is 26.2 Å². The summed E-state index contributed by atoms with van der Waals surface area (Å²) in [6, 6.07) is 2.00. The van der Waals surface area contributed by atoms with Crippen LogP contribution in [0.1, 0.15) is 24.1 Å². The van der Waals surface area contributed by atoms with Crippen molar-refractivity contribution >= 4 is 21.7 Å². The van der Waals surface area contributed by atoms with E-state index in [2.05, 4.69) is 20.9 Å². The molecule has 0 spiro atoms. The molecule has 0 bridgehead atoms. The van der Waals surface area contributed by atoms with Crippen molar-refractivity contribution in [3.63, 3.8) is 0 Å². The van der Waals surface area contributed by atoms with Gasteiger partial charge in [0.2, 0.25) is 0 Å². The van der Waals surface area contributed by atoms with Gasteiger partial charge in [0, 0.05) is 23.0 Å². The second kappa shape index (κ2) is 3.81. The van der Waals surface area contributed by atoms with Crippen LogP contribution in [-0.2, 0) is 11.2 Å². The van der Waals surface area contributed by atoms with Gasteiger partial charge in [-0.25, -0.2) is 0 Å². The fourth-order valence-electron chi connectivity index (χ4n) is 1.47. The van der Waals surface area contributed by atoms with Gasteiger partial charge in [-0.2, -0.15) is 0 Å². The van der Waals surface area contributed by atoms with Gasteiger partial charge in [0.15, 0.2) is 0 Å². The normalized spacial score (nSPS) is 15.6. The van der Waals surface area contributed by atoms with Crippen molar-refractivity contribution in [2.75, 3.05) is 0 Å². The van der Waals surface area contributed by atoms with Crippen molar-refractivity contribution in [3.05, 3.63) is 28.0 Å². The monoisotopic (exact) mass is 253 g/mol. The number of nitrogens with zero attached hydrogens (tertiary/aromatic N) is 1. The van der Waals surface area contributed by atoms with Crippen LogP contribution in [0, 0.1) is 12.8 Å².